The first-order valence-electron chi connectivity index (χ1n) is 18.2. The van der Waals surface area contributed by atoms with E-state index in [0.717, 1.165) is 45.2 Å². The molecule has 0 bridgehead atoms. The summed E-state index contributed by atoms with van der Waals surface area (Å²) in [6, 6.07) is -0.536. The lowest BCUT2D eigenvalue weighted by Gasteiger charge is -2.62. The Balaban J connectivity index is 1.14. The number of carbonyl (C=O) groups is 3. The van der Waals surface area contributed by atoms with Gasteiger partial charge in [0.25, 0.3) is 0 Å². The van der Waals surface area contributed by atoms with Crippen molar-refractivity contribution in [2.45, 2.75) is 130 Å². The van der Waals surface area contributed by atoms with Gasteiger partial charge >= 0.3 is 0 Å². The number of nitrogens with one attached hydrogen (secondary N) is 2. The number of carbonyl (C=O) groups excluding carboxylic acids is 3. The van der Waals surface area contributed by atoms with Crippen molar-refractivity contribution < 1.29 is 24.6 Å². The fourth-order valence-corrected chi connectivity index (χ4v) is 10.6. The summed E-state index contributed by atoms with van der Waals surface area (Å²) < 4.78 is 0. The fourth-order valence-electron chi connectivity index (χ4n) is 10.6. The molecule has 5 rings (SSSR count). The van der Waals surface area contributed by atoms with Gasteiger partial charge in [-0.2, -0.15) is 0 Å². The molecule has 45 heavy (non-hydrogen) atoms. The molecule has 0 radical (unpaired) electrons. The SMILES string of the molecule is CC(C)CC(=O)N[C@@H](CC(C)C)C(=O)NCC(=O)N1CCN([C@H]2C[C@@]3(C)[C@@H](CC[C@@H]4[C@@H]3CC[C@]3(C)[C@@H](O)CC[C@@H]43)C[C@@H]2O)CC1. The highest BCUT2D eigenvalue weighted by Gasteiger charge is 2.61. The maximum Gasteiger partial charge on any atom is 0.243 e. The summed E-state index contributed by atoms with van der Waals surface area (Å²) in [5, 5.41) is 27.9. The summed E-state index contributed by atoms with van der Waals surface area (Å²) in [5.74, 6) is 2.42. The third-order valence-corrected chi connectivity index (χ3v) is 13.1. The molecular formula is C36H62N4O5. The Hall–Kier alpha value is -1.71. The van der Waals surface area contributed by atoms with E-state index < -0.39 is 6.04 Å². The van der Waals surface area contributed by atoms with E-state index in [4.69, 9.17) is 0 Å². The zero-order chi connectivity index (χ0) is 32.7. The van der Waals surface area contributed by atoms with Gasteiger partial charge in [-0.1, -0.05) is 41.5 Å². The van der Waals surface area contributed by atoms with Gasteiger partial charge in [0.2, 0.25) is 17.7 Å². The number of rotatable bonds is 9. The summed E-state index contributed by atoms with van der Waals surface area (Å²) >= 11 is 0. The largest absolute Gasteiger partial charge is 0.393 e. The van der Waals surface area contributed by atoms with E-state index >= 15 is 0 Å². The summed E-state index contributed by atoms with van der Waals surface area (Å²) in [5.41, 5.74) is 0.285. The van der Waals surface area contributed by atoms with Gasteiger partial charge < -0.3 is 25.7 Å². The van der Waals surface area contributed by atoms with E-state index in [2.05, 4.69) is 29.4 Å². The van der Waals surface area contributed by atoms with Crippen molar-refractivity contribution in [1.82, 2.24) is 20.4 Å². The molecule has 0 unspecified atom stereocenters. The number of hydrogen-bond acceptors (Lipinski definition) is 6. The lowest BCUT2D eigenvalue weighted by Crippen LogP contribution is -2.62. The smallest absolute Gasteiger partial charge is 0.243 e. The number of fused-ring (bicyclic) bond motifs is 5. The summed E-state index contributed by atoms with van der Waals surface area (Å²) in [6.07, 6.45) is 9.13. The minimum Gasteiger partial charge on any atom is -0.393 e. The van der Waals surface area contributed by atoms with Gasteiger partial charge in [0.1, 0.15) is 6.04 Å². The second kappa shape index (κ2) is 13.8. The summed E-state index contributed by atoms with van der Waals surface area (Å²) in [7, 11) is 0. The number of aliphatic hydroxyl groups excluding tert-OH is 2. The molecule has 9 heteroatoms. The molecule has 4 saturated carbocycles. The van der Waals surface area contributed by atoms with Gasteiger partial charge in [0.15, 0.2) is 0 Å². The van der Waals surface area contributed by atoms with Crippen LogP contribution in [0.2, 0.25) is 0 Å². The van der Waals surface area contributed by atoms with Crippen molar-refractivity contribution >= 4 is 17.7 Å². The molecule has 1 aliphatic heterocycles. The van der Waals surface area contributed by atoms with Gasteiger partial charge in [0, 0.05) is 38.6 Å². The maximum atomic E-state index is 13.1. The minimum atomic E-state index is -0.644. The summed E-state index contributed by atoms with van der Waals surface area (Å²) in [6.45, 7) is 15.4. The van der Waals surface area contributed by atoms with Crippen molar-refractivity contribution in [3.63, 3.8) is 0 Å². The van der Waals surface area contributed by atoms with E-state index in [1.54, 1.807) is 0 Å². The second-order valence-corrected chi connectivity index (χ2v) is 16.9. The lowest BCUT2D eigenvalue weighted by molar-refractivity contribution is -0.156. The molecule has 10 atom stereocenters. The van der Waals surface area contributed by atoms with Gasteiger partial charge in [-0.3, -0.25) is 19.3 Å². The second-order valence-electron chi connectivity index (χ2n) is 16.9. The van der Waals surface area contributed by atoms with E-state index in [1.165, 1.54) is 19.3 Å². The third kappa shape index (κ3) is 7.11. The van der Waals surface area contributed by atoms with E-state index in [0.29, 0.717) is 49.6 Å². The highest BCUT2D eigenvalue weighted by molar-refractivity contribution is 5.90. The summed E-state index contributed by atoms with van der Waals surface area (Å²) in [4.78, 5) is 42.7. The molecule has 5 aliphatic rings. The lowest BCUT2D eigenvalue weighted by atomic mass is 9.44. The average molecular weight is 631 g/mol. The number of amides is 3. The van der Waals surface area contributed by atoms with E-state index in [1.807, 2.05) is 32.6 Å². The van der Waals surface area contributed by atoms with Crippen LogP contribution in [0.15, 0.2) is 0 Å². The highest BCUT2D eigenvalue weighted by Crippen LogP contribution is 2.66. The fraction of sp³-hybridized carbons (Fsp3) is 0.917. The molecule has 4 N–H and O–H groups in total. The Morgan fingerprint density at radius 3 is 2.22 bits per heavy atom. The maximum absolute atomic E-state index is 13.1. The number of nitrogens with zero attached hydrogens (tertiary/aromatic N) is 2. The third-order valence-electron chi connectivity index (χ3n) is 13.1. The standard InChI is InChI=1S/C36H62N4O5/c1-22(2)17-28(38-32(43)18-23(3)4)34(45)37-21-33(44)40-15-13-39(14-16-40)29-20-36(6)24(19-30(29)41)7-8-25-26-9-10-31(42)35(26,5)12-11-27(25)36/h22-31,41-42H,7-21H2,1-6H3,(H,37,45)(H,38,43)/t24-,25-,26-,27-,28-,29-,30-,31-,35-,36-/m0/s1. The van der Waals surface area contributed by atoms with Crippen molar-refractivity contribution in [2.24, 2.45) is 46.3 Å². The minimum absolute atomic E-state index is 0.0723. The number of hydrogen-bond donors (Lipinski definition) is 4. The molecule has 3 amide bonds. The monoisotopic (exact) mass is 630 g/mol. The van der Waals surface area contributed by atoms with Crippen LogP contribution in [-0.4, -0.2) is 94.7 Å². The zero-order valence-electron chi connectivity index (χ0n) is 28.9. The van der Waals surface area contributed by atoms with Crippen LogP contribution >= 0.6 is 0 Å². The van der Waals surface area contributed by atoms with Crippen molar-refractivity contribution in [1.29, 1.82) is 0 Å². The molecule has 256 valence electrons. The normalized spacial score (nSPS) is 39.2. The molecule has 0 aromatic heterocycles. The van der Waals surface area contributed by atoms with Crippen molar-refractivity contribution in [3.8, 4) is 0 Å². The van der Waals surface area contributed by atoms with Crippen LogP contribution in [0.5, 0.6) is 0 Å². The molecule has 0 spiro atoms. The van der Waals surface area contributed by atoms with Gasteiger partial charge in [0.05, 0.1) is 18.8 Å². The van der Waals surface area contributed by atoms with Crippen LogP contribution in [0.1, 0.15) is 106 Å². The molecule has 0 aromatic rings. The van der Waals surface area contributed by atoms with Gasteiger partial charge in [-0.25, -0.2) is 0 Å². The van der Waals surface area contributed by atoms with Crippen LogP contribution in [0.25, 0.3) is 0 Å². The van der Waals surface area contributed by atoms with Crippen LogP contribution in [0.4, 0.5) is 0 Å². The molecule has 0 aromatic carbocycles. The van der Waals surface area contributed by atoms with Crippen LogP contribution < -0.4 is 10.6 Å². The Kier molecular flexibility index (Phi) is 10.6. The van der Waals surface area contributed by atoms with E-state index in [9.17, 15) is 24.6 Å². The molecule has 1 heterocycles. The molecule has 4 aliphatic carbocycles. The van der Waals surface area contributed by atoms with Crippen molar-refractivity contribution in [2.75, 3.05) is 32.7 Å². The predicted octanol–water partition coefficient (Wildman–Crippen LogP) is 3.57. The van der Waals surface area contributed by atoms with E-state index in [-0.39, 0.29) is 65.2 Å². The number of piperazine rings is 1. The number of aliphatic hydroxyl groups is 2. The van der Waals surface area contributed by atoms with Gasteiger partial charge in [-0.05, 0) is 104 Å². The molecule has 9 nitrogen and oxygen atoms in total. The topological polar surface area (TPSA) is 122 Å². The molecular weight excluding hydrogens is 568 g/mol. The van der Waals surface area contributed by atoms with Gasteiger partial charge in [-0.15, -0.1) is 0 Å². The average Bonchev–Trinajstić information content (AvgIpc) is 3.29. The Morgan fingerprint density at radius 2 is 1.56 bits per heavy atom. The molecule has 5 fully saturated rings. The zero-order valence-corrected chi connectivity index (χ0v) is 28.9. The Bertz CT molecular complexity index is 1080. The first-order chi connectivity index (χ1) is 21.2. The first-order valence-corrected chi connectivity index (χ1v) is 18.2. The van der Waals surface area contributed by atoms with Crippen molar-refractivity contribution in [3.05, 3.63) is 0 Å². The quantitative estimate of drug-likeness (QED) is 0.309. The molecule has 1 saturated heterocycles. The first kappa shape index (κ1) is 34.6. The Labute approximate surface area is 271 Å². The van der Waals surface area contributed by atoms with Crippen LogP contribution in [-0.2, 0) is 14.4 Å². The predicted molar refractivity (Wildman–Crippen MR) is 175 cm³/mol. The highest BCUT2D eigenvalue weighted by atomic mass is 16.3. The van der Waals surface area contributed by atoms with Crippen LogP contribution in [0, 0.1) is 46.3 Å². The Morgan fingerprint density at radius 1 is 0.867 bits per heavy atom. The van der Waals surface area contributed by atoms with Crippen LogP contribution in [0.3, 0.4) is 0 Å².